The molecule has 1 amide bonds. The minimum Gasteiger partial charge on any atom is -0.393 e. The Morgan fingerprint density at radius 2 is 1.87 bits per heavy atom. The van der Waals surface area contributed by atoms with Gasteiger partial charge in [0.25, 0.3) is 0 Å². The zero-order valence-corrected chi connectivity index (χ0v) is 14.6. The molecule has 0 aliphatic carbocycles. The van der Waals surface area contributed by atoms with Crippen LogP contribution in [0.4, 0.5) is 0 Å². The molecule has 1 aliphatic rings. The first kappa shape index (κ1) is 18.0. The highest BCUT2D eigenvalue weighted by Crippen LogP contribution is 2.20. The SMILES string of the molecule is CCc1ccc(C(C)NC(=O)CN2CCC(C(C)O)CC2)cc1. The number of amides is 1. The smallest absolute Gasteiger partial charge is 0.234 e. The summed E-state index contributed by atoms with van der Waals surface area (Å²) in [6, 6.07) is 8.47. The number of aliphatic hydroxyl groups is 1. The van der Waals surface area contributed by atoms with Crippen LogP contribution in [0.15, 0.2) is 24.3 Å². The van der Waals surface area contributed by atoms with Gasteiger partial charge >= 0.3 is 0 Å². The fraction of sp³-hybridized carbons (Fsp3) is 0.632. The molecule has 2 rings (SSSR count). The molecule has 128 valence electrons. The predicted octanol–water partition coefficient (Wildman–Crippen LogP) is 2.52. The number of rotatable bonds is 6. The van der Waals surface area contributed by atoms with Crippen LogP contribution in [-0.4, -0.2) is 41.7 Å². The third-order valence-electron chi connectivity index (χ3n) is 4.95. The molecule has 1 aromatic carbocycles. The molecule has 2 atom stereocenters. The van der Waals surface area contributed by atoms with Gasteiger partial charge in [-0.25, -0.2) is 0 Å². The van der Waals surface area contributed by atoms with Crippen LogP contribution >= 0.6 is 0 Å². The Morgan fingerprint density at radius 3 is 2.39 bits per heavy atom. The second-order valence-corrected chi connectivity index (χ2v) is 6.74. The number of hydrogen-bond acceptors (Lipinski definition) is 3. The number of nitrogens with one attached hydrogen (secondary N) is 1. The van der Waals surface area contributed by atoms with E-state index in [1.165, 1.54) is 5.56 Å². The van der Waals surface area contributed by atoms with E-state index in [2.05, 4.69) is 41.4 Å². The Labute approximate surface area is 139 Å². The van der Waals surface area contributed by atoms with E-state index in [1.54, 1.807) is 0 Å². The minimum absolute atomic E-state index is 0.0309. The highest BCUT2D eigenvalue weighted by Gasteiger charge is 2.24. The van der Waals surface area contributed by atoms with E-state index in [9.17, 15) is 9.90 Å². The van der Waals surface area contributed by atoms with E-state index >= 15 is 0 Å². The van der Waals surface area contributed by atoms with Crippen LogP contribution < -0.4 is 5.32 Å². The molecule has 1 heterocycles. The zero-order chi connectivity index (χ0) is 16.8. The largest absolute Gasteiger partial charge is 0.393 e. The van der Waals surface area contributed by atoms with E-state index in [4.69, 9.17) is 0 Å². The van der Waals surface area contributed by atoms with Crippen molar-refractivity contribution < 1.29 is 9.90 Å². The van der Waals surface area contributed by atoms with Crippen LogP contribution in [0.5, 0.6) is 0 Å². The maximum absolute atomic E-state index is 12.2. The summed E-state index contributed by atoms with van der Waals surface area (Å²) in [4.78, 5) is 14.4. The molecular formula is C19H30N2O2. The minimum atomic E-state index is -0.239. The van der Waals surface area contributed by atoms with Gasteiger partial charge in [-0.05, 0) is 63.2 Å². The van der Waals surface area contributed by atoms with Gasteiger partial charge in [-0.3, -0.25) is 9.69 Å². The van der Waals surface area contributed by atoms with E-state index in [0.29, 0.717) is 12.5 Å². The number of benzene rings is 1. The number of hydrogen-bond donors (Lipinski definition) is 2. The molecule has 0 aromatic heterocycles. The van der Waals surface area contributed by atoms with Gasteiger partial charge in [0, 0.05) is 0 Å². The van der Waals surface area contributed by atoms with Crippen molar-refractivity contribution in [1.29, 1.82) is 0 Å². The number of likely N-dealkylation sites (tertiary alicyclic amines) is 1. The number of carbonyl (C=O) groups is 1. The molecule has 1 aliphatic heterocycles. The lowest BCUT2D eigenvalue weighted by Gasteiger charge is -2.33. The van der Waals surface area contributed by atoms with E-state index in [0.717, 1.165) is 37.9 Å². The van der Waals surface area contributed by atoms with Crippen molar-refractivity contribution in [2.24, 2.45) is 5.92 Å². The third-order valence-corrected chi connectivity index (χ3v) is 4.95. The maximum Gasteiger partial charge on any atom is 0.234 e. The van der Waals surface area contributed by atoms with Gasteiger partial charge in [-0.1, -0.05) is 31.2 Å². The van der Waals surface area contributed by atoms with Crippen molar-refractivity contribution in [2.75, 3.05) is 19.6 Å². The highest BCUT2D eigenvalue weighted by atomic mass is 16.3. The van der Waals surface area contributed by atoms with E-state index in [1.807, 2.05) is 13.8 Å². The van der Waals surface area contributed by atoms with Gasteiger partial charge in [0.2, 0.25) is 5.91 Å². The molecule has 0 bridgehead atoms. The lowest BCUT2D eigenvalue weighted by Crippen LogP contribution is -2.43. The van der Waals surface area contributed by atoms with Crippen LogP contribution in [0.1, 0.15) is 50.8 Å². The summed E-state index contributed by atoms with van der Waals surface area (Å²) in [5, 5.41) is 12.7. The summed E-state index contributed by atoms with van der Waals surface area (Å²) >= 11 is 0. The van der Waals surface area contributed by atoms with E-state index < -0.39 is 0 Å². The molecule has 2 N–H and O–H groups in total. The number of aliphatic hydroxyl groups excluding tert-OH is 1. The molecule has 4 nitrogen and oxygen atoms in total. The van der Waals surface area contributed by atoms with Gasteiger partial charge in [0.05, 0.1) is 18.7 Å². The molecule has 1 aromatic rings. The number of aryl methyl sites for hydroxylation is 1. The molecule has 23 heavy (non-hydrogen) atoms. The molecule has 2 unspecified atom stereocenters. The fourth-order valence-electron chi connectivity index (χ4n) is 3.21. The summed E-state index contributed by atoms with van der Waals surface area (Å²) in [6.45, 7) is 8.26. The Kier molecular flexibility index (Phi) is 6.60. The van der Waals surface area contributed by atoms with Crippen molar-refractivity contribution in [3.8, 4) is 0 Å². The fourth-order valence-corrected chi connectivity index (χ4v) is 3.21. The molecule has 0 spiro atoms. The van der Waals surface area contributed by atoms with Crippen molar-refractivity contribution in [1.82, 2.24) is 10.2 Å². The molecule has 4 heteroatoms. The van der Waals surface area contributed by atoms with Crippen molar-refractivity contribution in [3.63, 3.8) is 0 Å². The topological polar surface area (TPSA) is 52.6 Å². The molecule has 1 fully saturated rings. The molecule has 0 saturated carbocycles. The van der Waals surface area contributed by atoms with Gasteiger partial charge < -0.3 is 10.4 Å². The number of nitrogens with zero attached hydrogens (tertiary/aromatic N) is 1. The summed E-state index contributed by atoms with van der Waals surface area (Å²) in [7, 11) is 0. The normalized spacial score (nSPS) is 19.3. The third kappa shape index (κ3) is 5.33. The molecular weight excluding hydrogens is 288 g/mol. The highest BCUT2D eigenvalue weighted by molar-refractivity contribution is 5.78. The van der Waals surface area contributed by atoms with Gasteiger partial charge in [-0.15, -0.1) is 0 Å². The van der Waals surface area contributed by atoms with Crippen LogP contribution in [-0.2, 0) is 11.2 Å². The van der Waals surface area contributed by atoms with Gasteiger partial charge in [-0.2, -0.15) is 0 Å². The Balaban J connectivity index is 1.78. The van der Waals surface area contributed by atoms with Crippen molar-refractivity contribution in [2.45, 2.75) is 52.2 Å². The van der Waals surface area contributed by atoms with Crippen LogP contribution in [0.25, 0.3) is 0 Å². The standard InChI is InChI=1S/C19H30N2O2/c1-4-16-5-7-17(8-6-16)14(2)20-19(23)13-21-11-9-18(10-12-21)15(3)22/h5-8,14-15,18,22H,4,9-13H2,1-3H3,(H,20,23). The summed E-state index contributed by atoms with van der Waals surface area (Å²) in [5.41, 5.74) is 2.46. The van der Waals surface area contributed by atoms with Gasteiger partial charge in [0.15, 0.2) is 0 Å². The van der Waals surface area contributed by atoms with Crippen LogP contribution in [0.3, 0.4) is 0 Å². The Morgan fingerprint density at radius 1 is 1.26 bits per heavy atom. The van der Waals surface area contributed by atoms with Crippen LogP contribution in [0.2, 0.25) is 0 Å². The first-order valence-electron chi connectivity index (χ1n) is 8.78. The Bertz CT molecular complexity index is 491. The summed E-state index contributed by atoms with van der Waals surface area (Å²) in [6.07, 6.45) is 2.73. The van der Waals surface area contributed by atoms with Crippen LogP contribution in [0, 0.1) is 5.92 Å². The Hall–Kier alpha value is -1.39. The monoisotopic (exact) mass is 318 g/mol. The first-order valence-corrected chi connectivity index (χ1v) is 8.78. The first-order chi connectivity index (χ1) is 11.0. The second kappa shape index (κ2) is 8.46. The summed E-state index contributed by atoms with van der Waals surface area (Å²) in [5.74, 6) is 0.456. The number of carbonyl (C=O) groups excluding carboxylic acids is 1. The van der Waals surface area contributed by atoms with Crippen molar-refractivity contribution in [3.05, 3.63) is 35.4 Å². The average Bonchev–Trinajstić information content (AvgIpc) is 2.55. The quantitative estimate of drug-likeness (QED) is 0.847. The molecule has 1 saturated heterocycles. The number of piperidine rings is 1. The lowest BCUT2D eigenvalue weighted by molar-refractivity contribution is -0.123. The average molecular weight is 318 g/mol. The second-order valence-electron chi connectivity index (χ2n) is 6.74. The predicted molar refractivity (Wildman–Crippen MR) is 93.2 cm³/mol. The van der Waals surface area contributed by atoms with Gasteiger partial charge in [0.1, 0.15) is 0 Å². The van der Waals surface area contributed by atoms with Crippen molar-refractivity contribution >= 4 is 5.91 Å². The molecule has 0 radical (unpaired) electrons. The lowest BCUT2D eigenvalue weighted by atomic mass is 9.92. The maximum atomic E-state index is 12.2. The van der Waals surface area contributed by atoms with E-state index in [-0.39, 0.29) is 18.1 Å². The zero-order valence-electron chi connectivity index (χ0n) is 14.6. The summed E-state index contributed by atoms with van der Waals surface area (Å²) < 4.78 is 0.